The lowest BCUT2D eigenvalue weighted by atomic mass is 9.96. The first-order chi connectivity index (χ1) is 7.18. The number of carboxylic acid groups (broad SMARTS) is 1. The molecule has 0 amide bonds. The van der Waals surface area contributed by atoms with Crippen LogP contribution in [-0.4, -0.2) is 16.1 Å². The SMILES string of the molecule is CC(CC1CC1C(=O)O)c1cccnc1. The number of pyridine rings is 1. The first-order valence-electron chi connectivity index (χ1n) is 5.31. The Kier molecular flexibility index (Phi) is 2.71. The maximum Gasteiger partial charge on any atom is 0.306 e. The Labute approximate surface area is 89.2 Å². The van der Waals surface area contributed by atoms with Gasteiger partial charge in [-0.25, -0.2) is 0 Å². The molecular formula is C12H15NO2. The molecule has 15 heavy (non-hydrogen) atoms. The monoisotopic (exact) mass is 205 g/mol. The number of carbonyl (C=O) groups is 1. The van der Waals surface area contributed by atoms with Gasteiger partial charge in [0, 0.05) is 12.4 Å². The Morgan fingerprint density at radius 1 is 1.73 bits per heavy atom. The summed E-state index contributed by atoms with van der Waals surface area (Å²) in [5, 5.41) is 8.79. The van der Waals surface area contributed by atoms with Gasteiger partial charge in [0.25, 0.3) is 0 Å². The molecule has 1 fully saturated rings. The Morgan fingerprint density at radius 2 is 2.53 bits per heavy atom. The Hall–Kier alpha value is -1.38. The fraction of sp³-hybridized carbons (Fsp3) is 0.500. The third-order valence-corrected chi connectivity index (χ3v) is 3.15. The standard InChI is InChI=1S/C12H15NO2/c1-8(9-3-2-4-13-7-9)5-10-6-11(10)12(14)15/h2-4,7-8,10-11H,5-6H2,1H3,(H,14,15). The summed E-state index contributed by atoms with van der Waals surface area (Å²) in [6.45, 7) is 2.13. The molecule has 3 nitrogen and oxygen atoms in total. The fourth-order valence-electron chi connectivity index (χ4n) is 2.07. The molecule has 80 valence electrons. The van der Waals surface area contributed by atoms with E-state index in [0.717, 1.165) is 12.8 Å². The highest BCUT2D eigenvalue weighted by molar-refractivity contribution is 5.73. The Balaban J connectivity index is 1.89. The van der Waals surface area contributed by atoms with E-state index in [4.69, 9.17) is 5.11 Å². The van der Waals surface area contributed by atoms with Crippen LogP contribution in [-0.2, 0) is 4.79 Å². The lowest BCUT2D eigenvalue weighted by Gasteiger charge is -2.10. The summed E-state index contributed by atoms with van der Waals surface area (Å²) in [7, 11) is 0. The van der Waals surface area contributed by atoms with Crippen molar-refractivity contribution >= 4 is 5.97 Å². The van der Waals surface area contributed by atoms with Crippen molar-refractivity contribution in [1.29, 1.82) is 0 Å². The topological polar surface area (TPSA) is 50.2 Å². The van der Waals surface area contributed by atoms with Crippen LogP contribution in [0, 0.1) is 11.8 Å². The molecule has 0 saturated heterocycles. The Bertz CT molecular complexity index is 350. The largest absolute Gasteiger partial charge is 0.481 e. The van der Waals surface area contributed by atoms with Gasteiger partial charge < -0.3 is 5.11 Å². The second-order valence-corrected chi connectivity index (χ2v) is 4.36. The molecule has 2 rings (SSSR count). The van der Waals surface area contributed by atoms with Crippen LogP contribution in [0.5, 0.6) is 0 Å². The zero-order chi connectivity index (χ0) is 10.8. The summed E-state index contributed by atoms with van der Waals surface area (Å²) < 4.78 is 0. The third kappa shape index (κ3) is 2.35. The van der Waals surface area contributed by atoms with Crippen molar-refractivity contribution in [3.05, 3.63) is 30.1 Å². The average molecular weight is 205 g/mol. The van der Waals surface area contributed by atoms with Crippen molar-refractivity contribution < 1.29 is 9.90 Å². The summed E-state index contributed by atoms with van der Waals surface area (Å²) in [5.41, 5.74) is 1.20. The summed E-state index contributed by atoms with van der Waals surface area (Å²) >= 11 is 0. The molecule has 1 aliphatic carbocycles. The molecule has 3 heteroatoms. The van der Waals surface area contributed by atoms with Crippen LogP contribution >= 0.6 is 0 Å². The highest BCUT2D eigenvalue weighted by Crippen LogP contribution is 2.44. The van der Waals surface area contributed by atoms with Crippen molar-refractivity contribution in [1.82, 2.24) is 4.98 Å². The first kappa shape index (κ1) is 10.1. The molecule has 1 saturated carbocycles. The number of hydrogen-bond acceptors (Lipinski definition) is 2. The molecule has 3 atom stereocenters. The summed E-state index contributed by atoms with van der Waals surface area (Å²) in [6.07, 6.45) is 5.43. The smallest absolute Gasteiger partial charge is 0.306 e. The molecule has 0 spiro atoms. The molecular weight excluding hydrogens is 190 g/mol. The highest BCUT2D eigenvalue weighted by atomic mass is 16.4. The van der Waals surface area contributed by atoms with Crippen LogP contribution in [0.25, 0.3) is 0 Å². The van der Waals surface area contributed by atoms with E-state index < -0.39 is 5.97 Å². The summed E-state index contributed by atoms with van der Waals surface area (Å²) in [6, 6.07) is 3.98. The molecule has 0 bridgehead atoms. The molecule has 1 aromatic rings. The number of aromatic nitrogens is 1. The van der Waals surface area contributed by atoms with Gasteiger partial charge in [-0.1, -0.05) is 13.0 Å². The lowest BCUT2D eigenvalue weighted by molar-refractivity contribution is -0.138. The van der Waals surface area contributed by atoms with E-state index >= 15 is 0 Å². The van der Waals surface area contributed by atoms with E-state index in [1.54, 1.807) is 6.20 Å². The van der Waals surface area contributed by atoms with Crippen molar-refractivity contribution in [3.8, 4) is 0 Å². The minimum atomic E-state index is -0.640. The highest BCUT2D eigenvalue weighted by Gasteiger charge is 2.43. The van der Waals surface area contributed by atoms with Crippen LogP contribution in [0.4, 0.5) is 0 Å². The van der Waals surface area contributed by atoms with Crippen LogP contribution in [0.2, 0.25) is 0 Å². The minimum Gasteiger partial charge on any atom is -0.481 e. The van der Waals surface area contributed by atoms with Crippen molar-refractivity contribution in [2.45, 2.75) is 25.7 Å². The first-order valence-corrected chi connectivity index (χ1v) is 5.31. The van der Waals surface area contributed by atoms with Gasteiger partial charge in [-0.15, -0.1) is 0 Å². The van der Waals surface area contributed by atoms with Crippen LogP contribution in [0.1, 0.15) is 31.2 Å². The lowest BCUT2D eigenvalue weighted by Crippen LogP contribution is -2.02. The van der Waals surface area contributed by atoms with Crippen LogP contribution in [0.15, 0.2) is 24.5 Å². The molecule has 0 aromatic carbocycles. The predicted molar refractivity (Wildman–Crippen MR) is 56.5 cm³/mol. The molecule has 1 aliphatic rings. The van der Waals surface area contributed by atoms with E-state index in [1.807, 2.05) is 12.3 Å². The quantitative estimate of drug-likeness (QED) is 0.820. The average Bonchev–Trinajstić information content (AvgIpc) is 2.98. The number of carboxylic acids is 1. The van der Waals surface area contributed by atoms with E-state index in [1.165, 1.54) is 5.56 Å². The summed E-state index contributed by atoms with van der Waals surface area (Å²) in [5.74, 6) is 0.0493. The van der Waals surface area contributed by atoms with Gasteiger partial charge >= 0.3 is 5.97 Å². The van der Waals surface area contributed by atoms with Gasteiger partial charge in [-0.05, 0) is 36.3 Å². The third-order valence-electron chi connectivity index (χ3n) is 3.15. The van der Waals surface area contributed by atoms with Gasteiger partial charge in [0.15, 0.2) is 0 Å². The molecule has 1 heterocycles. The molecule has 1 N–H and O–H groups in total. The van der Waals surface area contributed by atoms with Crippen molar-refractivity contribution in [2.75, 3.05) is 0 Å². The summed E-state index contributed by atoms with van der Waals surface area (Å²) in [4.78, 5) is 14.7. The Morgan fingerprint density at radius 3 is 3.07 bits per heavy atom. The normalized spacial score (nSPS) is 25.9. The van der Waals surface area contributed by atoms with E-state index in [0.29, 0.717) is 11.8 Å². The number of rotatable bonds is 4. The van der Waals surface area contributed by atoms with Gasteiger partial charge in [-0.2, -0.15) is 0 Å². The van der Waals surface area contributed by atoms with E-state index in [2.05, 4.69) is 18.0 Å². The molecule has 1 aromatic heterocycles. The van der Waals surface area contributed by atoms with E-state index in [-0.39, 0.29) is 5.92 Å². The number of hydrogen-bond donors (Lipinski definition) is 1. The van der Waals surface area contributed by atoms with Crippen molar-refractivity contribution in [3.63, 3.8) is 0 Å². The molecule has 0 radical (unpaired) electrons. The fourth-order valence-corrected chi connectivity index (χ4v) is 2.07. The maximum atomic E-state index is 10.7. The van der Waals surface area contributed by atoms with Gasteiger partial charge in [0.05, 0.1) is 5.92 Å². The van der Waals surface area contributed by atoms with Crippen molar-refractivity contribution in [2.24, 2.45) is 11.8 Å². The van der Waals surface area contributed by atoms with Gasteiger partial charge in [0.2, 0.25) is 0 Å². The zero-order valence-electron chi connectivity index (χ0n) is 8.76. The maximum absolute atomic E-state index is 10.7. The number of nitrogens with zero attached hydrogens (tertiary/aromatic N) is 1. The second-order valence-electron chi connectivity index (χ2n) is 4.36. The zero-order valence-corrected chi connectivity index (χ0v) is 8.76. The van der Waals surface area contributed by atoms with E-state index in [9.17, 15) is 4.79 Å². The number of aliphatic carboxylic acids is 1. The van der Waals surface area contributed by atoms with Gasteiger partial charge in [0.1, 0.15) is 0 Å². The minimum absolute atomic E-state index is 0.0934. The predicted octanol–water partition coefficient (Wildman–Crippen LogP) is 2.30. The van der Waals surface area contributed by atoms with Crippen LogP contribution in [0.3, 0.4) is 0 Å². The molecule has 0 aliphatic heterocycles. The molecule has 3 unspecified atom stereocenters. The van der Waals surface area contributed by atoms with Gasteiger partial charge in [-0.3, -0.25) is 9.78 Å². The van der Waals surface area contributed by atoms with Crippen LogP contribution < -0.4 is 0 Å². The second kappa shape index (κ2) is 4.01.